The van der Waals surface area contributed by atoms with Gasteiger partial charge < -0.3 is 10.2 Å². The van der Waals surface area contributed by atoms with Gasteiger partial charge in [0.05, 0.1) is 12.2 Å². The van der Waals surface area contributed by atoms with E-state index in [9.17, 15) is 10.2 Å². The second-order valence-corrected chi connectivity index (χ2v) is 17.0. The molecule has 0 aromatic rings. The number of aliphatic hydroxyl groups excluding tert-OH is 2. The second-order valence-electron chi connectivity index (χ2n) is 17.0. The molecule has 0 amide bonds. The summed E-state index contributed by atoms with van der Waals surface area (Å²) in [5.41, 5.74) is 0. The highest BCUT2D eigenvalue weighted by molar-refractivity contribution is 4.70. The van der Waals surface area contributed by atoms with Crippen molar-refractivity contribution in [2.75, 3.05) is 19.6 Å². The maximum atomic E-state index is 11.0. The van der Waals surface area contributed by atoms with Crippen molar-refractivity contribution in [3.63, 3.8) is 0 Å². The van der Waals surface area contributed by atoms with Crippen molar-refractivity contribution in [2.45, 2.75) is 290 Å². The van der Waals surface area contributed by atoms with Crippen LogP contribution in [0.1, 0.15) is 278 Å². The average molecular weight is 722 g/mol. The quantitative estimate of drug-likeness (QED) is 0.0615. The molecule has 0 aliphatic rings. The van der Waals surface area contributed by atoms with Crippen molar-refractivity contribution >= 4 is 0 Å². The minimum absolute atomic E-state index is 0.251. The molecule has 0 bridgehead atoms. The van der Waals surface area contributed by atoms with E-state index in [-0.39, 0.29) is 12.2 Å². The Morgan fingerprint density at radius 1 is 0.275 bits per heavy atom. The van der Waals surface area contributed by atoms with E-state index < -0.39 is 0 Å². The summed E-state index contributed by atoms with van der Waals surface area (Å²) < 4.78 is 0. The topological polar surface area (TPSA) is 43.7 Å². The van der Waals surface area contributed by atoms with Crippen LogP contribution in [0, 0.1) is 0 Å². The Labute approximate surface area is 323 Å². The van der Waals surface area contributed by atoms with E-state index >= 15 is 0 Å². The third-order valence-corrected chi connectivity index (χ3v) is 11.5. The maximum Gasteiger partial charge on any atom is 0.0667 e. The highest BCUT2D eigenvalue weighted by atomic mass is 16.3. The lowest BCUT2D eigenvalue weighted by Crippen LogP contribution is -2.38. The van der Waals surface area contributed by atoms with Crippen LogP contribution in [0.25, 0.3) is 0 Å². The van der Waals surface area contributed by atoms with Gasteiger partial charge >= 0.3 is 0 Å². The zero-order valence-corrected chi connectivity index (χ0v) is 35.9. The van der Waals surface area contributed by atoms with Gasteiger partial charge in [-0.15, -0.1) is 0 Å². The summed E-state index contributed by atoms with van der Waals surface area (Å²) in [4.78, 5) is 2.41. The Morgan fingerprint density at radius 2 is 0.471 bits per heavy atom. The van der Waals surface area contributed by atoms with Gasteiger partial charge in [0.15, 0.2) is 0 Å². The molecule has 0 saturated carbocycles. The minimum atomic E-state index is -0.251. The van der Waals surface area contributed by atoms with E-state index in [0.29, 0.717) is 0 Å². The number of nitrogens with zero attached hydrogens (tertiary/aromatic N) is 1. The lowest BCUT2D eigenvalue weighted by Gasteiger charge is -2.27. The van der Waals surface area contributed by atoms with Crippen LogP contribution in [0.5, 0.6) is 0 Å². The zero-order valence-electron chi connectivity index (χ0n) is 35.9. The third-order valence-electron chi connectivity index (χ3n) is 11.5. The lowest BCUT2D eigenvalue weighted by atomic mass is 10.0. The van der Waals surface area contributed by atoms with E-state index in [1.54, 1.807) is 0 Å². The predicted molar refractivity (Wildman–Crippen MR) is 230 cm³/mol. The van der Waals surface area contributed by atoms with Crippen LogP contribution in [-0.2, 0) is 0 Å². The molecular formula is C48H99NO2. The Morgan fingerprint density at radius 3 is 0.706 bits per heavy atom. The SMILES string of the molecule is CCCCCCCCCCCCCCCCC(O)CN(CCCCCCCCCCCC)CC(O)CCCCCCCCCCCCCCCC. The summed E-state index contributed by atoms with van der Waals surface area (Å²) in [6.07, 6.45) is 53.4. The molecule has 0 spiro atoms. The van der Waals surface area contributed by atoms with Crippen LogP contribution in [0.3, 0.4) is 0 Å². The molecule has 0 saturated heterocycles. The molecule has 2 N–H and O–H groups in total. The Hall–Kier alpha value is -0.120. The van der Waals surface area contributed by atoms with Gasteiger partial charge in [-0.25, -0.2) is 0 Å². The molecular weight excluding hydrogens is 623 g/mol. The fourth-order valence-corrected chi connectivity index (χ4v) is 8.01. The molecule has 0 aromatic heterocycles. The standard InChI is InChI=1S/C48H99NO2/c1-4-7-10-13-16-19-22-24-26-28-30-33-36-39-42-47(50)45-49(44-41-38-35-32-21-18-15-12-9-6-3)46-48(51)43-40-37-34-31-29-27-25-23-20-17-14-11-8-5-2/h47-48,50-51H,4-46H2,1-3H3. The summed E-state index contributed by atoms with van der Waals surface area (Å²) in [7, 11) is 0. The molecule has 0 fully saturated rings. The number of aliphatic hydroxyl groups is 2. The summed E-state index contributed by atoms with van der Waals surface area (Å²) in [6, 6.07) is 0. The Kier molecular flexibility index (Phi) is 44.2. The molecule has 3 heteroatoms. The number of unbranched alkanes of at least 4 members (excludes halogenated alkanes) is 35. The van der Waals surface area contributed by atoms with E-state index in [0.717, 1.165) is 45.3 Å². The van der Waals surface area contributed by atoms with Gasteiger partial charge in [0.1, 0.15) is 0 Å². The largest absolute Gasteiger partial charge is 0.392 e. The number of hydrogen-bond donors (Lipinski definition) is 2. The fourth-order valence-electron chi connectivity index (χ4n) is 8.01. The van der Waals surface area contributed by atoms with Gasteiger partial charge in [0.25, 0.3) is 0 Å². The van der Waals surface area contributed by atoms with Gasteiger partial charge in [-0.3, -0.25) is 4.90 Å². The van der Waals surface area contributed by atoms with E-state index in [1.807, 2.05) is 0 Å². The summed E-state index contributed by atoms with van der Waals surface area (Å²) in [6.45, 7) is 9.40. The number of hydrogen-bond acceptors (Lipinski definition) is 3. The monoisotopic (exact) mass is 722 g/mol. The van der Waals surface area contributed by atoms with Crippen LogP contribution < -0.4 is 0 Å². The van der Waals surface area contributed by atoms with Crippen molar-refractivity contribution in [3.05, 3.63) is 0 Å². The molecule has 0 aliphatic heterocycles. The van der Waals surface area contributed by atoms with Gasteiger partial charge in [-0.2, -0.15) is 0 Å². The highest BCUT2D eigenvalue weighted by Gasteiger charge is 2.16. The van der Waals surface area contributed by atoms with Crippen LogP contribution in [0.15, 0.2) is 0 Å². The van der Waals surface area contributed by atoms with Crippen molar-refractivity contribution < 1.29 is 10.2 Å². The first-order valence-corrected chi connectivity index (χ1v) is 24.2. The molecule has 308 valence electrons. The summed E-state index contributed by atoms with van der Waals surface area (Å²) in [5, 5.41) is 21.9. The van der Waals surface area contributed by atoms with Crippen molar-refractivity contribution in [3.8, 4) is 0 Å². The normalized spacial score (nSPS) is 13.1. The van der Waals surface area contributed by atoms with Crippen LogP contribution >= 0.6 is 0 Å². The van der Waals surface area contributed by atoms with Crippen molar-refractivity contribution in [1.82, 2.24) is 4.90 Å². The van der Waals surface area contributed by atoms with Gasteiger partial charge in [-0.1, -0.05) is 258 Å². The summed E-state index contributed by atoms with van der Waals surface area (Å²) >= 11 is 0. The second kappa shape index (κ2) is 44.3. The molecule has 0 radical (unpaired) electrons. The van der Waals surface area contributed by atoms with Crippen molar-refractivity contribution in [2.24, 2.45) is 0 Å². The Balaban J connectivity index is 4.13. The predicted octanol–water partition coefficient (Wildman–Crippen LogP) is 15.7. The molecule has 0 heterocycles. The summed E-state index contributed by atoms with van der Waals surface area (Å²) in [5.74, 6) is 0. The minimum Gasteiger partial charge on any atom is -0.392 e. The molecule has 0 rings (SSSR count). The number of rotatable bonds is 45. The van der Waals surface area contributed by atoms with Crippen LogP contribution in [0.2, 0.25) is 0 Å². The van der Waals surface area contributed by atoms with E-state index in [1.165, 1.54) is 231 Å². The van der Waals surface area contributed by atoms with Gasteiger partial charge in [0.2, 0.25) is 0 Å². The van der Waals surface area contributed by atoms with Gasteiger partial charge in [0, 0.05) is 13.1 Å². The van der Waals surface area contributed by atoms with Crippen LogP contribution in [0.4, 0.5) is 0 Å². The lowest BCUT2D eigenvalue weighted by molar-refractivity contribution is 0.0596. The van der Waals surface area contributed by atoms with Crippen molar-refractivity contribution in [1.29, 1.82) is 0 Å². The molecule has 0 aromatic carbocycles. The maximum absolute atomic E-state index is 11.0. The average Bonchev–Trinajstić information content (AvgIpc) is 3.12. The molecule has 0 aliphatic carbocycles. The van der Waals surface area contributed by atoms with Crippen LogP contribution in [-0.4, -0.2) is 47.0 Å². The smallest absolute Gasteiger partial charge is 0.0667 e. The first kappa shape index (κ1) is 50.9. The zero-order chi connectivity index (χ0) is 37.1. The molecule has 2 atom stereocenters. The first-order chi connectivity index (χ1) is 25.1. The Bertz CT molecular complexity index is 572. The third kappa shape index (κ3) is 42.5. The highest BCUT2D eigenvalue weighted by Crippen LogP contribution is 2.17. The molecule has 2 unspecified atom stereocenters. The fraction of sp³-hybridized carbons (Fsp3) is 1.00. The molecule has 3 nitrogen and oxygen atoms in total. The first-order valence-electron chi connectivity index (χ1n) is 24.2. The molecule has 51 heavy (non-hydrogen) atoms. The van der Waals surface area contributed by atoms with E-state index in [4.69, 9.17) is 0 Å². The van der Waals surface area contributed by atoms with E-state index in [2.05, 4.69) is 25.7 Å². The van der Waals surface area contributed by atoms with Gasteiger partial charge in [-0.05, 0) is 25.8 Å².